The van der Waals surface area contributed by atoms with E-state index in [1.54, 1.807) is 0 Å². The molecule has 0 spiro atoms. The van der Waals surface area contributed by atoms with Crippen LogP contribution in [-0.4, -0.2) is 14.6 Å². The monoisotopic (exact) mass is 156 g/mol. The zero-order valence-corrected chi connectivity index (χ0v) is 5.30. The van der Waals surface area contributed by atoms with Crippen LogP contribution < -0.4 is 11.4 Å². The third-order valence-electron chi connectivity index (χ3n) is 1.02. The van der Waals surface area contributed by atoms with Gasteiger partial charge in [0.2, 0.25) is 0 Å². The lowest BCUT2D eigenvalue weighted by molar-refractivity contribution is -0.396. The summed E-state index contributed by atoms with van der Waals surface area (Å²) < 4.78 is 0.375. The summed E-state index contributed by atoms with van der Waals surface area (Å²) in [4.78, 5) is 23.2. The third-order valence-corrected chi connectivity index (χ3v) is 1.02. The summed E-state index contributed by atoms with van der Waals surface area (Å²) in [7, 11) is 0. The minimum Gasteiger partial charge on any atom is -0.390 e. The van der Waals surface area contributed by atoms with Gasteiger partial charge in [-0.25, -0.2) is 4.79 Å². The van der Waals surface area contributed by atoms with Crippen LogP contribution in [0.15, 0.2) is 17.1 Å². The van der Waals surface area contributed by atoms with Crippen molar-refractivity contribution in [3.8, 4) is 0 Å². The number of aromatic nitrogens is 2. The molecule has 2 N–H and O–H groups in total. The van der Waals surface area contributed by atoms with Gasteiger partial charge in [0, 0.05) is 0 Å². The molecule has 0 bridgehead atoms. The van der Waals surface area contributed by atoms with Crippen molar-refractivity contribution < 1.29 is 4.92 Å². The first-order valence-electron chi connectivity index (χ1n) is 2.60. The van der Waals surface area contributed by atoms with Crippen LogP contribution in [0, 0.1) is 10.1 Å². The Morgan fingerprint density at radius 3 is 2.82 bits per heavy atom. The predicted molar refractivity (Wildman–Crippen MR) is 35.3 cm³/mol. The summed E-state index contributed by atoms with van der Waals surface area (Å²) in [6.45, 7) is 0. The summed E-state index contributed by atoms with van der Waals surface area (Å²) in [5, 5.41) is 10.1. The van der Waals surface area contributed by atoms with Gasteiger partial charge in [-0.2, -0.15) is 0 Å². The Labute approximate surface area is 60.2 Å². The maximum atomic E-state index is 10.6. The molecule has 7 nitrogen and oxygen atoms in total. The number of nitrogen functional groups attached to an aromatic ring is 1. The van der Waals surface area contributed by atoms with E-state index in [9.17, 15) is 14.9 Å². The summed E-state index contributed by atoms with van der Waals surface area (Å²) in [6.07, 6.45) is 1.03. The smallest absolute Gasteiger partial charge is 0.390 e. The highest BCUT2D eigenvalue weighted by atomic mass is 16.6. The van der Waals surface area contributed by atoms with Crippen molar-refractivity contribution in [2.24, 2.45) is 0 Å². The molecule has 0 atom stereocenters. The van der Waals surface area contributed by atoms with E-state index in [0.29, 0.717) is 4.68 Å². The zero-order valence-electron chi connectivity index (χ0n) is 5.30. The first kappa shape index (κ1) is 7.19. The molecule has 0 radical (unpaired) electrons. The van der Waals surface area contributed by atoms with Crippen molar-refractivity contribution in [2.45, 2.75) is 0 Å². The van der Waals surface area contributed by atoms with Gasteiger partial charge in [-0.05, 0) is 4.92 Å². The molecule has 0 aliphatic rings. The minimum atomic E-state index is -0.832. The minimum absolute atomic E-state index is 0.375. The van der Waals surface area contributed by atoms with Gasteiger partial charge in [-0.3, -0.25) is 5.84 Å². The molecule has 1 heterocycles. The van der Waals surface area contributed by atoms with Crippen LogP contribution >= 0.6 is 0 Å². The Bertz CT molecular complexity index is 343. The standard InChI is InChI=1S/C4H4N4O3/c5-7-3(9)1-2-6-4(7)8(10)11/h1-2H,5H2. The highest BCUT2D eigenvalue weighted by Crippen LogP contribution is 1.96. The fourth-order valence-corrected chi connectivity index (χ4v) is 0.544. The number of rotatable bonds is 1. The Hall–Kier alpha value is -1.92. The number of hydrogen-bond acceptors (Lipinski definition) is 5. The Morgan fingerprint density at radius 1 is 1.73 bits per heavy atom. The summed E-state index contributed by atoms with van der Waals surface area (Å²) in [5.74, 6) is 4.31. The molecule has 0 aliphatic heterocycles. The van der Waals surface area contributed by atoms with Crippen LogP contribution in [0.4, 0.5) is 5.95 Å². The van der Waals surface area contributed by atoms with E-state index < -0.39 is 16.4 Å². The second-order valence-electron chi connectivity index (χ2n) is 1.71. The van der Waals surface area contributed by atoms with E-state index in [0.717, 1.165) is 12.3 Å². The molecule has 1 aromatic heterocycles. The average molecular weight is 156 g/mol. The zero-order chi connectivity index (χ0) is 8.43. The maximum absolute atomic E-state index is 10.6. The highest BCUT2D eigenvalue weighted by Gasteiger charge is 2.11. The van der Waals surface area contributed by atoms with Gasteiger partial charge in [0.15, 0.2) is 0 Å². The van der Waals surface area contributed by atoms with Crippen molar-refractivity contribution in [2.75, 3.05) is 5.84 Å². The lowest BCUT2D eigenvalue weighted by Gasteiger charge is -1.95. The fourth-order valence-electron chi connectivity index (χ4n) is 0.544. The number of nitrogens with two attached hydrogens (primary N) is 1. The van der Waals surface area contributed by atoms with E-state index in [4.69, 9.17) is 5.84 Å². The van der Waals surface area contributed by atoms with Crippen LogP contribution in [0.5, 0.6) is 0 Å². The quantitative estimate of drug-likeness (QED) is 0.314. The molecule has 0 aliphatic carbocycles. The number of nitro groups is 1. The number of nitrogens with zero attached hydrogens (tertiary/aromatic N) is 3. The molecule has 0 saturated carbocycles. The van der Waals surface area contributed by atoms with Crippen LogP contribution in [0.3, 0.4) is 0 Å². The lowest BCUT2D eigenvalue weighted by Crippen LogP contribution is -2.29. The Morgan fingerprint density at radius 2 is 2.36 bits per heavy atom. The van der Waals surface area contributed by atoms with Crippen molar-refractivity contribution in [1.82, 2.24) is 9.66 Å². The van der Waals surface area contributed by atoms with Gasteiger partial charge in [-0.15, -0.1) is 0 Å². The summed E-state index contributed by atoms with van der Waals surface area (Å²) >= 11 is 0. The molecule has 11 heavy (non-hydrogen) atoms. The third kappa shape index (κ3) is 1.16. The average Bonchev–Trinajstić information content (AvgIpc) is 1.94. The molecule has 1 rings (SSSR count). The maximum Gasteiger partial charge on any atom is 0.459 e. The molecule has 0 unspecified atom stereocenters. The van der Waals surface area contributed by atoms with E-state index in [1.165, 1.54) is 0 Å². The normalized spacial score (nSPS) is 9.45. The number of hydrogen-bond donors (Lipinski definition) is 1. The van der Waals surface area contributed by atoms with Crippen molar-refractivity contribution in [3.05, 3.63) is 32.7 Å². The highest BCUT2D eigenvalue weighted by molar-refractivity contribution is 5.05. The van der Waals surface area contributed by atoms with Gasteiger partial charge in [0.25, 0.3) is 0 Å². The van der Waals surface area contributed by atoms with E-state index in [2.05, 4.69) is 4.98 Å². The molecule has 0 amide bonds. The summed E-state index contributed by atoms with van der Waals surface area (Å²) in [6, 6.07) is 1.03. The van der Waals surface area contributed by atoms with Gasteiger partial charge in [-0.1, -0.05) is 9.66 Å². The van der Waals surface area contributed by atoms with Crippen molar-refractivity contribution >= 4 is 5.95 Å². The topological polar surface area (TPSA) is 104 Å². The Kier molecular flexibility index (Phi) is 1.55. The Balaban J connectivity index is 3.39. The molecule has 58 valence electrons. The van der Waals surface area contributed by atoms with Crippen molar-refractivity contribution in [1.29, 1.82) is 0 Å². The van der Waals surface area contributed by atoms with E-state index in [1.807, 2.05) is 0 Å². The second-order valence-corrected chi connectivity index (χ2v) is 1.71. The molecular formula is C4H4N4O3. The van der Waals surface area contributed by atoms with E-state index >= 15 is 0 Å². The van der Waals surface area contributed by atoms with Gasteiger partial charge >= 0.3 is 11.5 Å². The van der Waals surface area contributed by atoms with Crippen molar-refractivity contribution in [3.63, 3.8) is 0 Å². The molecule has 0 aromatic carbocycles. The fraction of sp³-hybridized carbons (Fsp3) is 0. The lowest BCUT2D eigenvalue weighted by atomic mass is 10.6. The molecular weight excluding hydrogens is 152 g/mol. The first-order chi connectivity index (χ1) is 5.13. The molecule has 7 heteroatoms. The molecule has 0 saturated heterocycles. The van der Waals surface area contributed by atoms with Crippen LogP contribution in [-0.2, 0) is 0 Å². The first-order valence-corrected chi connectivity index (χ1v) is 2.60. The van der Waals surface area contributed by atoms with E-state index in [-0.39, 0.29) is 0 Å². The van der Waals surface area contributed by atoms with Gasteiger partial charge in [0.1, 0.15) is 6.20 Å². The SMILES string of the molecule is Nn1c([N+](=O)[O-])nccc1=O. The predicted octanol–water partition coefficient (Wildman–Crippen LogP) is -1.13. The summed E-state index contributed by atoms with van der Waals surface area (Å²) in [5.41, 5.74) is -0.660. The second kappa shape index (κ2) is 2.37. The largest absolute Gasteiger partial charge is 0.459 e. The van der Waals surface area contributed by atoms with Gasteiger partial charge < -0.3 is 10.1 Å². The molecule has 1 aromatic rings. The van der Waals surface area contributed by atoms with Gasteiger partial charge in [0.05, 0.1) is 6.07 Å². The van der Waals surface area contributed by atoms with Crippen LogP contribution in [0.25, 0.3) is 0 Å². The van der Waals surface area contributed by atoms with Crippen LogP contribution in [0.2, 0.25) is 0 Å². The molecule has 0 fully saturated rings. The van der Waals surface area contributed by atoms with Crippen LogP contribution in [0.1, 0.15) is 0 Å².